The van der Waals surface area contributed by atoms with Gasteiger partial charge in [0.25, 0.3) is 0 Å². The van der Waals surface area contributed by atoms with Crippen molar-refractivity contribution in [3.8, 4) is 17.2 Å². The highest BCUT2D eigenvalue weighted by atomic mass is 32.1. The molecule has 2 bridgehead atoms. The van der Waals surface area contributed by atoms with Gasteiger partial charge in [-0.3, -0.25) is 9.69 Å². The summed E-state index contributed by atoms with van der Waals surface area (Å²) in [7, 11) is 1.61. The highest BCUT2D eigenvalue weighted by Crippen LogP contribution is 2.52. The summed E-state index contributed by atoms with van der Waals surface area (Å²) in [5, 5.41) is 7.01. The number of aryl methyl sites for hydroxylation is 1. The average molecular weight is 504 g/mol. The van der Waals surface area contributed by atoms with Crippen molar-refractivity contribution in [2.75, 3.05) is 23.9 Å². The summed E-state index contributed by atoms with van der Waals surface area (Å²) in [5.41, 5.74) is 2.29. The molecule has 1 amide bonds. The van der Waals surface area contributed by atoms with Crippen LogP contribution in [0.1, 0.15) is 31.0 Å². The number of ether oxygens (including phenoxy) is 3. The SMILES string of the molecule is CCOc1cccc2c1O[C@@]1(C)[C@H](C(=O)Nc3ccc(OC)cc3)[C@H]2NC(=S)N1c1cccc(C)c1. The van der Waals surface area contributed by atoms with E-state index in [4.69, 9.17) is 26.4 Å². The Labute approximate surface area is 216 Å². The fourth-order valence-electron chi connectivity index (χ4n) is 5.09. The Morgan fingerprint density at radius 1 is 1.17 bits per heavy atom. The summed E-state index contributed by atoms with van der Waals surface area (Å²) in [6.07, 6.45) is 0. The minimum Gasteiger partial charge on any atom is -0.497 e. The molecule has 0 spiro atoms. The summed E-state index contributed by atoms with van der Waals surface area (Å²) >= 11 is 5.85. The van der Waals surface area contributed by atoms with Gasteiger partial charge in [-0.05, 0) is 81.0 Å². The van der Waals surface area contributed by atoms with E-state index in [1.54, 1.807) is 7.11 Å². The third kappa shape index (κ3) is 4.01. The van der Waals surface area contributed by atoms with Gasteiger partial charge >= 0.3 is 0 Å². The Morgan fingerprint density at radius 3 is 2.61 bits per heavy atom. The maximum Gasteiger partial charge on any atom is 0.236 e. The Morgan fingerprint density at radius 2 is 1.92 bits per heavy atom. The number of methoxy groups -OCH3 is 1. The fraction of sp³-hybridized carbons (Fsp3) is 0.286. The smallest absolute Gasteiger partial charge is 0.236 e. The van der Waals surface area contributed by atoms with Gasteiger partial charge in [0.05, 0.1) is 19.8 Å². The number of benzene rings is 3. The maximum atomic E-state index is 13.9. The van der Waals surface area contributed by atoms with Crippen molar-refractivity contribution >= 4 is 34.6 Å². The third-order valence-corrected chi connectivity index (χ3v) is 6.99. The van der Waals surface area contributed by atoms with Crippen molar-refractivity contribution in [2.24, 2.45) is 5.92 Å². The molecular weight excluding hydrogens is 474 g/mol. The van der Waals surface area contributed by atoms with Crippen LogP contribution in [0.3, 0.4) is 0 Å². The highest BCUT2D eigenvalue weighted by Gasteiger charge is 2.59. The Bertz CT molecular complexity index is 1310. The number of nitrogens with zero attached hydrogens (tertiary/aromatic N) is 1. The quantitative estimate of drug-likeness (QED) is 0.448. The molecule has 2 aliphatic rings. The van der Waals surface area contributed by atoms with Crippen LogP contribution in [0.4, 0.5) is 11.4 Å². The molecule has 186 valence electrons. The lowest BCUT2D eigenvalue weighted by atomic mass is 9.78. The number of fused-ring (bicyclic) bond motifs is 4. The van der Waals surface area contributed by atoms with E-state index in [9.17, 15) is 4.79 Å². The van der Waals surface area contributed by atoms with Crippen molar-refractivity contribution in [3.05, 3.63) is 77.9 Å². The van der Waals surface area contributed by atoms with Gasteiger partial charge < -0.3 is 24.8 Å². The molecular formula is C28H29N3O4S. The van der Waals surface area contributed by atoms with E-state index in [0.29, 0.717) is 34.7 Å². The first-order valence-corrected chi connectivity index (χ1v) is 12.3. The van der Waals surface area contributed by atoms with Crippen LogP contribution in [0.5, 0.6) is 17.2 Å². The van der Waals surface area contributed by atoms with E-state index in [1.165, 1.54) is 0 Å². The number of anilines is 2. The lowest BCUT2D eigenvalue weighted by Gasteiger charge is -2.56. The number of hydrogen-bond donors (Lipinski definition) is 2. The monoisotopic (exact) mass is 503 g/mol. The van der Waals surface area contributed by atoms with Gasteiger partial charge in [-0.25, -0.2) is 0 Å². The van der Waals surface area contributed by atoms with Crippen molar-refractivity contribution < 1.29 is 19.0 Å². The zero-order chi connectivity index (χ0) is 25.4. The second-order valence-electron chi connectivity index (χ2n) is 9.06. The van der Waals surface area contributed by atoms with Crippen molar-refractivity contribution in [1.82, 2.24) is 5.32 Å². The number of carbonyl (C=O) groups is 1. The van der Waals surface area contributed by atoms with Crippen LogP contribution in [-0.4, -0.2) is 30.5 Å². The van der Waals surface area contributed by atoms with Crippen molar-refractivity contribution in [2.45, 2.75) is 32.5 Å². The Hall–Kier alpha value is -3.78. The van der Waals surface area contributed by atoms with Crippen molar-refractivity contribution in [3.63, 3.8) is 0 Å². The van der Waals surface area contributed by atoms with Gasteiger partial charge in [-0.15, -0.1) is 0 Å². The zero-order valence-electron chi connectivity index (χ0n) is 20.7. The first kappa shape index (κ1) is 23.9. The number of hydrogen-bond acceptors (Lipinski definition) is 5. The number of para-hydroxylation sites is 1. The van der Waals surface area contributed by atoms with Gasteiger partial charge in [-0.1, -0.05) is 24.3 Å². The molecule has 2 aliphatic heterocycles. The summed E-state index contributed by atoms with van der Waals surface area (Å²) in [6, 6.07) is 20.6. The largest absolute Gasteiger partial charge is 0.497 e. The van der Waals surface area contributed by atoms with Crippen LogP contribution >= 0.6 is 12.2 Å². The molecule has 1 fully saturated rings. The highest BCUT2D eigenvalue weighted by molar-refractivity contribution is 7.80. The standard InChI is InChI=1S/C28H29N3O4S/c1-5-34-22-11-7-10-21-24-23(26(32)29-18-12-14-20(33-4)15-13-18)28(3,35-25(21)22)31(27(36)30-24)19-9-6-8-17(2)16-19/h6-16,23-24H,5H2,1-4H3,(H,29,32)(H,30,36)/t23-,24-,28-/m0/s1. The summed E-state index contributed by atoms with van der Waals surface area (Å²) < 4.78 is 17.9. The molecule has 3 aromatic carbocycles. The molecule has 3 aromatic rings. The number of thiocarbonyl (C=S) groups is 1. The molecule has 0 radical (unpaired) electrons. The van der Waals surface area contributed by atoms with Gasteiger partial charge in [0.15, 0.2) is 22.3 Å². The number of carbonyl (C=O) groups excluding carboxylic acids is 1. The van der Waals surface area contributed by atoms with Crippen LogP contribution in [-0.2, 0) is 4.79 Å². The van der Waals surface area contributed by atoms with E-state index in [0.717, 1.165) is 16.8 Å². The topological polar surface area (TPSA) is 72.1 Å². The van der Waals surface area contributed by atoms with Gasteiger partial charge in [0, 0.05) is 16.9 Å². The second kappa shape index (κ2) is 9.35. The van der Waals surface area contributed by atoms with E-state index in [2.05, 4.69) is 10.6 Å². The average Bonchev–Trinajstić information content (AvgIpc) is 2.84. The molecule has 3 atom stereocenters. The third-order valence-electron chi connectivity index (χ3n) is 6.69. The maximum absolute atomic E-state index is 13.9. The molecule has 0 aliphatic carbocycles. The number of amides is 1. The molecule has 5 rings (SSSR count). The molecule has 7 nitrogen and oxygen atoms in total. The van der Waals surface area contributed by atoms with Crippen LogP contribution in [0.2, 0.25) is 0 Å². The first-order chi connectivity index (χ1) is 17.4. The van der Waals surface area contributed by atoms with E-state index >= 15 is 0 Å². The first-order valence-electron chi connectivity index (χ1n) is 11.9. The Kier molecular flexibility index (Phi) is 6.22. The molecule has 8 heteroatoms. The molecule has 36 heavy (non-hydrogen) atoms. The fourth-order valence-corrected chi connectivity index (χ4v) is 5.50. The van der Waals surface area contributed by atoms with Crippen LogP contribution in [0, 0.1) is 12.8 Å². The Balaban J connectivity index is 1.62. The molecule has 2 heterocycles. The van der Waals surface area contributed by atoms with Crippen LogP contribution < -0.4 is 29.7 Å². The normalized spacial score (nSPS) is 22.1. The predicted molar refractivity (Wildman–Crippen MR) is 144 cm³/mol. The lowest BCUT2D eigenvalue weighted by Crippen LogP contribution is -2.72. The van der Waals surface area contributed by atoms with Crippen LogP contribution in [0.15, 0.2) is 66.7 Å². The van der Waals surface area contributed by atoms with E-state index in [-0.39, 0.29) is 5.91 Å². The predicted octanol–water partition coefficient (Wildman–Crippen LogP) is 5.20. The molecule has 0 aromatic heterocycles. The van der Waals surface area contributed by atoms with E-state index < -0.39 is 17.7 Å². The van der Waals surface area contributed by atoms with Crippen LogP contribution in [0.25, 0.3) is 0 Å². The molecule has 2 N–H and O–H groups in total. The molecule has 0 unspecified atom stereocenters. The van der Waals surface area contributed by atoms with Gasteiger partial charge in [0.2, 0.25) is 5.91 Å². The second-order valence-corrected chi connectivity index (χ2v) is 9.45. The number of nitrogens with one attached hydrogen (secondary N) is 2. The number of rotatable bonds is 6. The summed E-state index contributed by atoms with van der Waals surface area (Å²) in [4.78, 5) is 15.8. The molecule has 0 saturated carbocycles. The summed E-state index contributed by atoms with van der Waals surface area (Å²) in [5.74, 6) is 1.14. The molecule has 1 saturated heterocycles. The zero-order valence-corrected chi connectivity index (χ0v) is 21.5. The lowest BCUT2D eigenvalue weighted by molar-refractivity contribution is -0.130. The van der Waals surface area contributed by atoms with Gasteiger partial charge in [-0.2, -0.15) is 0 Å². The minimum atomic E-state index is -1.13. The minimum absolute atomic E-state index is 0.187. The summed E-state index contributed by atoms with van der Waals surface area (Å²) in [6.45, 7) is 6.37. The van der Waals surface area contributed by atoms with Crippen molar-refractivity contribution in [1.29, 1.82) is 0 Å². The van der Waals surface area contributed by atoms with E-state index in [1.807, 2.05) is 92.4 Å². The van der Waals surface area contributed by atoms with Gasteiger partial charge in [0.1, 0.15) is 11.7 Å².